The van der Waals surface area contributed by atoms with Gasteiger partial charge in [-0.2, -0.15) is 0 Å². The third kappa shape index (κ3) is 3.93. The van der Waals surface area contributed by atoms with E-state index >= 15 is 0 Å². The van der Waals surface area contributed by atoms with E-state index in [0.29, 0.717) is 0 Å². The first-order valence-electron chi connectivity index (χ1n) is 8.83. The summed E-state index contributed by atoms with van der Waals surface area (Å²) in [5.74, 6) is 3.35. The molecule has 0 unspecified atom stereocenters. The number of rotatable bonds is 6. The Labute approximate surface area is 149 Å². The summed E-state index contributed by atoms with van der Waals surface area (Å²) in [6.07, 6.45) is 6.53. The summed E-state index contributed by atoms with van der Waals surface area (Å²) in [7, 11) is 5.02. The van der Waals surface area contributed by atoms with Crippen LogP contribution >= 0.6 is 0 Å². The van der Waals surface area contributed by atoms with Gasteiger partial charge in [0.15, 0.2) is 0 Å². The number of methoxy groups -OCH3 is 3. The fourth-order valence-corrected chi connectivity index (χ4v) is 3.60. The van der Waals surface area contributed by atoms with Crippen LogP contribution in [0.4, 0.5) is 0 Å². The number of ether oxygens (including phenoxy) is 3. The fourth-order valence-electron chi connectivity index (χ4n) is 3.60. The lowest BCUT2D eigenvalue weighted by atomic mass is 10.1. The van der Waals surface area contributed by atoms with E-state index in [-0.39, 0.29) is 6.04 Å². The number of furan rings is 1. The molecule has 5 nitrogen and oxygen atoms in total. The highest BCUT2D eigenvalue weighted by atomic mass is 16.5. The first-order chi connectivity index (χ1) is 12.3. The fraction of sp³-hybridized carbons (Fsp3) is 0.500. The standard InChI is InChI=1S/C20H27NO4/c1-22-15-12-19(23-2)16(20(13-15)24-3)14-21-10-6-4-5-8-17(21)18-9-7-11-25-18/h7,9,11-13,17H,4-6,8,10,14H2,1-3H3/t17-/m0/s1. The van der Waals surface area contributed by atoms with E-state index in [1.807, 2.05) is 18.2 Å². The van der Waals surface area contributed by atoms with Crippen molar-refractivity contribution in [1.29, 1.82) is 0 Å². The van der Waals surface area contributed by atoms with Gasteiger partial charge in [-0.1, -0.05) is 12.8 Å². The van der Waals surface area contributed by atoms with Crippen LogP contribution in [0.15, 0.2) is 34.9 Å². The van der Waals surface area contributed by atoms with Crippen LogP contribution in [0, 0.1) is 0 Å². The molecule has 1 aliphatic rings. The maximum Gasteiger partial charge on any atom is 0.130 e. The topological polar surface area (TPSA) is 44.1 Å². The van der Waals surface area contributed by atoms with Crippen LogP contribution in [0.2, 0.25) is 0 Å². The molecule has 3 rings (SSSR count). The Bertz CT molecular complexity index is 643. The van der Waals surface area contributed by atoms with E-state index < -0.39 is 0 Å². The van der Waals surface area contributed by atoms with Crippen LogP contribution in [0.5, 0.6) is 17.2 Å². The van der Waals surface area contributed by atoms with Gasteiger partial charge in [0.25, 0.3) is 0 Å². The molecule has 0 N–H and O–H groups in total. The summed E-state index contributed by atoms with van der Waals surface area (Å²) in [6, 6.07) is 8.15. The summed E-state index contributed by atoms with van der Waals surface area (Å²) < 4.78 is 22.3. The van der Waals surface area contributed by atoms with Crippen LogP contribution in [0.25, 0.3) is 0 Å². The number of benzene rings is 1. The molecule has 136 valence electrons. The molecular formula is C20H27NO4. The number of hydrogen-bond acceptors (Lipinski definition) is 5. The molecule has 1 saturated heterocycles. The van der Waals surface area contributed by atoms with E-state index in [9.17, 15) is 0 Å². The molecule has 1 aromatic heterocycles. The van der Waals surface area contributed by atoms with Crippen molar-refractivity contribution in [3.63, 3.8) is 0 Å². The quantitative estimate of drug-likeness (QED) is 0.775. The maximum atomic E-state index is 5.72. The number of likely N-dealkylation sites (tertiary alicyclic amines) is 1. The molecule has 0 bridgehead atoms. The highest BCUT2D eigenvalue weighted by Gasteiger charge is 2.27. The predicted molar refractivity (Wildman–Crippen MR) is 96.4 cm³/mol. The van der Waals surface area contributed by atoms with Gasteiger partial charge in [-0.05, 0) is 31.5 Å². The second kappa shape index (κ2) is 8.30. The van der Waals surface area contributed by atoms with Crippen molar-refractivity contribution < 1.29 is 18.6 Å². The first kappa shape index (κ1) is 17.7. The monoisotopic (exact) mass is 345 g/mol. The van der Waals surface area contributed by atoms with Crippen molar-refractivity contribution in [3.8, 4) is 17.2 Å². The molecule has 0 radical (unpaired) electrons. The lowest BCUT2D eigenvalue weighted by Gasteiger charge is -2.29. The second-order valence-corrected chi connectivity index (χ2v) is 6.36. The van der Waals surface area contributed by atoms with Gasteiger partial charge in [0, 0.05) is 18.7 Å². The summed E-state index contributed by atoms with van der Waals surface area (Å²) in [6.45, 7) is 1.78. The van der Waals surface area contributed by atoms with Crippen LogP contribution in [-0.2, 0) is 6.54 Å². The third-order valence-corrected chi connectivity index (χ3v) is 4.91. The molecule has 0 spiro atoms. The minimum atomic E-state index is 0.286. The van der Waals surface area contributed by atoms with Gasteiger partial charge in [-0.15, -0.1) is 0 Å². The highest BCUT2D eigenvalue weighted by Crippen LogP contribution is 2.38. The minimum Gasteiger partial charge on any atom is -0.496 e. The lowest BCUT2D eigenvalue weighted by Crippen LogP contribution is -2.28. The van der Waals surface area contributed by atoms with E-state index in [0.717, 1.165) is 48.1 Å². The Hall–Kier alpha value is -2.14. The zero-order chi connectivity index (χ0) is 17.6. The Kier molecular flexibility index (Phi) is 5.87. The molecule has 0 saturated carbocycles. The lowest BCUT2D eigenvalue weighted by molar-refractivity contribution is 0.166. The Balaban J connectivity index is 1.93. The molecule has 5 heteroatoms. The van der Waals surface area contributed by atoms with Gasteiger partial charge in [0.05, 0.1) is 39.2 Å². The minimum absolute atomic E-state index is 0.286. The van der Waals surface area contributed by atoms with Gasteiger partial charge in [0.2, 0.25) is 0 Å². The van der Waals surface area contributed by atoms with Crippen LogP contribution < -0.4 is 14.2 Å². The molecule has 1 atom stereocenters. The molecule has 2 aromatic rings. The zero-order valence-electron chi connectivity index (χ0n) is 15.3. The van der Waals surface area contributed by atoms with Crippen molar-refractivity contribution in [3.05, 3.63) is 41.9 Å². The Morgan fingerprint density at radius 1 is 1.04 bits per heavy atom. The van der Waals surface area contributed by atoms with E-state index in [1.54, 1.807) is 27.6 Å². The van der Waals surface area contributed by atoms with Crippen LogP contribution in [0.3, 0.4) is 0 Å². The van der Waals surface area contributed by atoms with Crippen molar-refractivity contribution in [2.75, 3.05) is 27.9 Å². The van der Waals surface area contributed by atoms with Gasteiger partial charge in [0.1, 0.15) is 23.0 Å². The molecule has 0 aliphatic carbocycles. The molecule has 2 heterocycles. The summed E-state index contributed by atoms with van der Waals surface area (Å²) >= 11 is 0. The van der Waals surface area contributed by atoms with E-state index in [2.05, 4.69) is 11.0 Å². The number of nitrogens with zero attached hydrogens (tertiary/aromatic N) is 1. The summed E-state index contributed by atoms with van der Waals surface area (Å²) in [5, 5.41) is 0. The van der Waals surface area contributed by atoms with Gasteiger partial charge in [-0.25, -0.2) is 0 Å². The average Bonchev–Trinajstić information content (AvgIpc) is 3.08. The smallest absolute Gasteiger partial charge is 0.130 e. The molecule has 1 aliphatic heterocycles. The van der Waals surface area contributed by atoms with Crippen molar-refractivity contribution >= 4 is 0 Å². The van der Waals surface area contributed by atoms with Gasteiger partial charge < -0.3 is 18.6 Å². The molecule has 1 aromatic carbocycles. The third-order valence-electron chi connectivity index (χ3n) is 4.91. The predicted octanol–water partition coefficient (Wildman–Crippen LogP) is 4.42. The molecule has 0 amide bonds. The summed E-state index contributed by atoms with van der Waals surface area (Å²) in [5.41, 5.74) is 1.05. The van der Waals surface area contributed by atoms with E-state index in [1.165, 1.54) is 19.3 Å². The number of hydrogen-bond donors (Lipinski definition) is 0. The van der Waals surface area contributed by atoms with Gasteiger partial charge in [-0.3, -0.25) is 4.90 Å². The normalized spacial score (nSPS) is 18.6. The SMILES string of the molecule is COc1cc(OC)c(CN2CCCCC[C@H]2c2ccco2)c(OC)c1. The van der Waals surface area contributed by atoms with Crippen LogP contribution in [-0.4, -0.2) is 32.8 Å². The van der Waals surface area contributed by atoms with Crippen molar-refractivity contribution in [1.82, 2.24) is 4.90 Å². The van der Waals surface area contributed by atoms with Gasteiger partial charge >= 0.3 is 0 Å². The zero-order valence-corrected chi connectivity index (χ0v) is 15.3. The summed E-state index contributed by atoms with van der Waals surface area (Å²) in [4.78, 5) is 2.47. The molecular weight excluding hydrogens is 318 g/mol. The average molecular weight is 345 g/mol. The maximum absolute atomic E-state index is 5.72. The largest absolute Gasteiger partial charge is 0.496 e. The van der Waals surface area contributed by atoms with Crippen molar-refractivity contribution in [2.45, 2.75) is 38.3 Å². The first-order valence-corrected chi connectivity index (χ1v) is 8.83. The highest BCUT2D eigenvalue weighted by molar-refractivity contribution is 5.50. The molecule has 1 fully saturated rings. The second-order valence-electron chi connectivity index (χ2n) is 6.36. The Morgan fingerprint density at radius 3 is 2.40 bits per heavy atom. The molecule has 25 heavy (non-hydrogen) atoms. The Morgan fingerprint density at radius 2 is 1.80 bits per heavy atom. The van der Waals surface area contributed by atoms with Crippen molar-refractivity contribution in [2.24, 2.45) is 0 Å². The van der Waals surface area contributed by atoms with E-state index in [4.69, 9.17) is 18.6 Å². The van der Waals surface area contributed by atoms with Crippen LogP contribution in [0.1, 0.15) is 43.0 Å².